The minimum absolute atomic E-state index is 0.0780. The van der Waals surface area contributed by atoms with Crippen molar-refractivity contribution in [1.82, 2.24) is 14.9 Å². The number of nitrogens with two attached hydrogens (primary N) is 1. The van der Waals surface area contributed by atoms with E-state index in [1.807, 2.05) is 25.7 Å². The molecular formula is C16H20N4O2S. The average Bonchev–Trinajstić information content (AvgIpc) is 3.09. The van der Waals surface area contributed by atoms with Gasteiger partial charge in [0.25, 0.3) is 5.91 Å². The number of hydrogen-bond donors (Lipinski definition) is 1. The molecule has 1 aliphatic rings. The van der Waals surface area contributed by atoms with Gasteiger partial charge in [0.05, 0.1) is 4.88 Å². The molecule has 0 bridgehead atoms. The zero-order valence-corrected chi connectivity index (χ0v) is 14.3. The van der Waals surface area contributed by atoms with E-state index in [4.69, 9.17) is 5.73 Å². The Kier molecular flexibility index (Phi) is 3.83. The van der Waals surface area contributed by atoms with E-state index in [0.717, 1.165) is 22.3 Å². The average molecular weight is 332 g/mol. The molecule has 6 nitrogen and oxygen atoms in total. The normalized spacial score (nSPS) is 18.6. The van der Waals surface area contributed by atoms with Gasteiger partial charge in [-0.15, -0.1) is 11.3 Å². The number of rotatable bonds is 2. The molecule has 2 amide bonds. The Hall–Kier alpha value is -2.02. The van der Waals surface area contributed by atoms with Gasteiger partial charge in [-0.3, -0.25) is 14.6 Å². The Morgan fingerprint density at radius 3 is 2.65 bits per heavy atom. The standard InChI is InChI=1S/C16H20N4O2S/c1-16(2,3)15(22)20-7-4-9(8-20)10-11-14(19-6-5-18-11)23-12(10)13(17)21/h5-6,9H,4,7-8H2,1-3H3,(H2,17,21)/t9-/m0/s1. The van der Waals surface area contributed by atoms with Crippen LogP contribution in [0.3, 0.4) is 0 Å². The summed E-state index contributed by atoms with van der Waals surface area (Å²) in [6, 6.07) is 0. The highest BCUT2D eigenvalue weighted by Gasteiger charge is 2.36. The number of amides is 2. The number of hydrogen-bond acceptors (Lipinski definition) is 5. The quantitative estimate of drug-likeness (QED) is 0.912. The fourth-order valence-electron chi connectivity index (χ4n) is 3.06. The first-order chi connectivity index (χ1) is 10.8. The van der Waals surface area contributed by atoms with E-state index in [2.05, 4.69) is 9.97 Å². The summed E-state index contributed by atoms with van der Waals surface area (Å²) in [5.74, 6) is -0.245. The highest BCUT2D eigenvalue weighted by Crippen LogP contribution is 2.39. The van der Waals surface area contributed by atoms with Crippen LogP contribution in [0, 0.1) is 5.41 Å². The molecule has 0 aliphatic carbocycles. The molecule has 2 N–H and O–H groups in total. The van der Waals surface area contributed by atoms with Gasteiger partial charge in [0.2, 0.25) is 5.91 Å². The molecule has 0 unspecified atom stereocenters. The predicted molar refractivity (Wildman–Crippen MR) is 89.3 cm³/mol. The molecule has 3 rings (SSSR count). The highest BCUT2D eigenvalue weighted by atomic mass is 32.1. The van der Waals surface area contributed by atoms with E-state index in [1.165, 1.54) is 11.3 Å². The molecule has 1 atom stereocenters. The smallest absolute Gasteiger partial charge is 0.259 e. The number of primary amides is 1. The topological polar surface area (TPSA) is 89.2 Å². The van der Waals surface area contributed by atoms with Gasteiger partial charge in [-0.05, 0) is 6.42 Å². The van der Waals surface area contributed by atoms with Crippen LogP contribution in [0.25, 0.3) is 10.3 Å². The van der Waals surface area contributed by atoms with Crippen LogP contribution in [0.4, 0.5) is 0 Å². The Bertz CT molecular complexity index is 778. The Morgan fingerprint density at radius 2 is 2.00 bits per heavy atom. The molecule has 2 aromatic rings. The number of aromatic nitrogens is 2. The first-order valence-electron chi connectivity index (χ1n) is 7.61. The summed E-state index contributed by atoms with van der Waals surface area (Å²) in [5.41, 5.74) is 6.73. The van der Waals surface area contributed by atoms with Crippen LogP contribution in [-0.2, 0) is 4.79 Å². The Labute approximate surface area is 138 Å². The second-order valence-corrected chi connectivity index (χ2v) is 7.91. The lowest BCUT2D eigenvalue weighted by Gasteiger charge is -2.25. The molecule has 2 aromatic heterocycles. The van der Waals surface area contributed by atoms with Gasteiger partial charge in [0.15, 0.2) is 0 Å². The zero-order valence-electron chi connectivity index (χ0n) is 13.5. The third-order valence-corrected chi connectivity index (χ3v) is 5.23. The third-order valence-electron chi connectivity index (χ3n) is 4.11. The summed E-state index contributed by atoms with van der Waals surface area (Å²) in [6.45, 7) is 7.05. The molecule has 1 aliphatic heterocycles. The van der Waals surface area contributed by atoms with Crippen molar-refractivity contribution in [1.29, 1.82) is 0 Å². The van der Waals surface area contributed by atoms with Gasteiger partial charge in [-0.25, -0.2) is 4.98 Å². The first-order valence-corrected chi connectivity index (χ1v) is 8.43. The fraction of sp³-hybridized carbons (Fsp3) is 0.500. The number of carbonyl (C=O) groups excluding carboxylic acids is 2. The molecule has 7 heteroatoms. The molecular weight excluding hydrogens is 312 g/mol. The van der Waals surface area contributed by atoms with E-state index in [1.54, 1.807) is 12.4 Å². The van der Waals surface area contributed by atoms with Crippen molar-refractivity contribution in [3.8, 4) is 0 Å². The van der Waals surface area contributed by atoms with E-state index in [-0.39, 0.29) is 11.8 Å². The van der Waals surface area contributed by atoms with Crippen molar-refractivity contribution in [2.24, 2.45) is 11.1 Å². The van der Waals surface area contributed by atoms with Crippen LogP contribution in [0.5, 0.6) is 0 Å². The largest absolute Gasteiger partial charge is 0.365 e. The number of nitrogens with zero attached hydrogens (tertiary/aromatic N) is 3. The summed E-state index contributed by atoms with van der Waals surface area (Å²) in [4.78, 5) is 36.1. The van der Waals surface area contributed by atoms with Gasteiger partial charge in [0, 0.05) is 42.4 Å². The number of likely N-dealkylation sites (tertiary alicyclic amines) is 1. The minimum Gasteiger partial charge on any atom is -0.365 e. The van der Waals surface area contributed by atoms with Gasteiger partial charge < -0.3 is 10.6 Å². The van der Waals surface area contributed by atoms with Crippen molar-refractivity contribution in [3.05, 3.63) is 22.8 Å². The lowest BCUT2D eigenvalue weighted by molar-refractivity contribution is -0.138. The molecule has 0 aromatic carbocycles. The van der Waals surface area contributed by atoms with E-state index >= 15 is 0 Å². The second kappa shape index (κ2) is 5.56. The zero-order chi connectivity index (χ0) is 16.8. The van der Waals surface area contributed by atoms with Crippen LogP contribution >= 0.6 is 11.3 Å². The summed E-state index contributed by atoms with van der Waals surface area (Å²) in [5, 5.41) is 0. The molecule has 0 saturated carbocycles. The highest BCUT2D eigenvalue weighted by molar-refractivity contribution is 7.20. The molecule has 3 heterocycles. The predicted octanol–water partition coefficient (Wildman–Crippen LogP) is 2.15. The van der Waals surface area contributed by atoms with Crippen LogP contribution < -0.4 is 5.73 Å². The maximum absolute atomic E-state index is 12.5. The first kappa shape index (κ1) is 15.9. The van der Waals surface area contributed by atoms with Crippen LogP contribution in [0.15, 0.2) is 12.4 Å². The molecule has 0 radical (unpaired) electrons. The summed E-state index contributed by atoms with van der Waals surface area (Å²) >= 11 is 1.28. The minimum atomic E-state index is -0.453. The lowest BCUT2D eigenvalue weighted by Crippen LogP contribution is -2.37. The monoisotopic (exact) mass is 332 g/mol. The van der Waals surface area contributed by atoms with Gasteiger partial charge in [-0.1, -0.05) is 20.8 Å². The maximum atomic E-state index is 12.5. The van der Waals surface area contributed by atoms with Crippen LogP contribution in [-0.4, -0.2) is 39.8 Å². The summed E-state index contributed by atoms with van der Waals surface area (Å²) < 4.78 is 0. The number of fused-ring (bicyclic) bond motifs is 1. The van der Waals surface area contributed by atoms with Crippen molar-refractivity contribution < 1.29 is 9.59 Å². The van der Waals surface area contributed by atoms with Crippen molar-refractivity contribution >= 4 is 33.5 Å². The van der Waals surface area contributed by atoms with Gasteiger partial charge in [-0.2, -0.15) is 0 Å². The lowest BCUT2D eigenvalue weighted by atomic mass is 9.94. The Balaban J connectivity index is 1.97. The van der Waals surface area contributed by atoms with Crippen molar-refractivity contribution in [2.45, 2.75) is 33.1 Å². The van der Waals surface area contributed by atoms with Gasteiger partial charge in [0.1, 0.15) is 10.3 Å². The summed E-state index contributed by atoms with van der Waals surface area (Å²) in [7, 11) is 0. The number of thiophene rings is 1. The van der Waals surface area contributed by atoms with E-state index in [0.29, 0.717) is 18.0 Å². The van der Waals surface area contributed by atoms with Gasteiger partial charge >= 0.3 is 0 Å². The van der Waals surface area contributed by atoms with Crippen LogP contribution in [0.1, 0.15) is 48.3 Å². The summed E-state index contributed by atoms with van der Waals surface area (Å²) in [6.07, 6.45) is 4.04. The second-order valence-electron chi connectivity index (χ2n) is 6.91. The molecule has 122 valence electrons. The molecule has 0 spiro atoms. The van der Waals surface area contributed by atoms with E-state index < -0.39 is 11.3 Å². The third kappa shape index (κ3) is 2.81. The van der Waals surface area contributed by atoms with Crippen molar-refractivity contribution in [2.75, 3.05) is 13.1 Å². The molecule has 23 heavy (non-hydrogen) atoms. The van der Waals surface area contributed by atoms with Crippen molar-refractivity contribution in [3.63, 3.8) is 0 Å². The Morgan fingerprint density at radius 1 is 1.30 bits per heavy atom. The number of carbonyl (C=O) groups is 2. The SMILES string of the molecule is CC(C)(C)C(=O)N1CC[C@H](c2c(C(N)=O)sc3nccnc23)C1. The fourth-order valence-corrected chi connectivity index (χ4v) is 4.10. The molecule has 1 fully saturated rings. The maximum Gasteiger partial charge on any atom is 0.259 e. The molecule has 1 saturated heterocycles. The van der Waals surface area contributed by atoms with E-state index in [9.17, 15) is 9.59 Å². The van der Waals surface area contributed by atoms with Crippen LogP contribution in [0.2, 0.25) is 0 Å².